The first-order chi connectivity index (χ1) is 8.97. The maximum atomic E-state index is 12.1. The number of benzene rings is 1. The van der Waals surface area contributed by atoms with Crippen LogP contribution in [0.15, 0.2) is 47.6 Å². The van der Waals surface area contributed by atoms with Gasteiger partial charge in [-0.2, -0.15) is 0 Å². The fourth-order valence-corrected chi connectivity index (χ4v) is 3.04. The summed E-state index contributed by atoms with van der Waals surface area (Å²) < 4.78 is 28.7. The molecule has 1 aromatic carbocycles. The predicted octanol–water partition coefficient (Wildman–Crippen LogP) is 1.85. The Labute approximate surface area is 114 Å². The average molecular weight is 278 g/mol. The molecule has 1 heterocycles. The quantitative estimate of drug-likeness (QED) is 0.907. The van der Waals surface area contributed by atoms with Crippen molar-refractivity contribution in [3.8, 4) is 0 Å². The zero-order chi connectivity index (χ0) is 13.9. The van der Waals surface area contributed by atoms with Gasteiger partial charge in [-0.15, -0.1) is 0 Å². The zero-order valence-electron chi connectivity index (χ0n) is 11.1. The van der Waals surface area contributed by atoms with E-state index in [1.54, 1.807) is 18.2 Å². The summed E-state index contributed by atoms with van der Waals surface area (Å²) in [6.07, 6.45) is 4.62. The molecular formula is C14H18N2O2S. The van der Waals surface area contributed by atoms with Gasteiger partial charge in [-0.05, 0) is 42.7 Å². The Morgan fingerprint density at radius 3 is 2.68 bits per heavy atom. The first-order valence-electron chi connectivity index (χ1n) is 6.14. The molecule has 0 saturated heterocycles. The number of sulfonamides is 1. The molecule has 4 nitrogen and oxygen atoms in total. The molecule has 2 rings (SSSR count). The number of nitrogens with zero attached hydrogens (tertiary/aromatic N) is 1. The molecule has 1 N–H and O–H groups in total. The van der Waals surface area contributed by atoms with Crippen molar-refractivity contribution in [1.29, 1.82) is 0 Å². The van der Waals surface area contributed by atoms with Crippen molar-refractivity contribution in [3.63, 3.8) is 0 Å². The molecule has 0 saturated carbocycles. The highest BCUT2D eigenvalue weighted by molar-refractivity contribution is 7.89. The van der Waals surface area contributed by atoms with Gasteiger partial charge in [-0.3, -0.25) is 0 Å². The Morgan fingerprint density at radius 1 is 1.26 bits per heavy atom. The lowest BCUT2D eigenvalue weighted by atomic mass is 10.2. The van der Waals surface area contributed by atoms with E-state index >= 15 is 0 Å². The first kappa shape index (κ1) is 13.8. The minimum Gasteiger partial charge on any atom is -0.357 e. The van der Waals surface area contributed by atoms with E-state index in [9.17, 15) is 8.42 Å². The molecule has 0 unspecified atom stereocenters. The highest BCUT2D eigenvalue weighted by Gasteiger charge is 2.13. The molecule has 0 atom stereocenters. The maximum Gasteiger partial charge on any atom is 0.240 e. The van der Waals surface area contributed by atoms with Gasteiger partial charge in [0.15, 0.2) is 0 Å². The summed E-state index contributed by atoms with van der Waals surface area (Å²) in [7, 11) is -1.46. The summed E-state index contributed by atoms with van der Waals surface area (Å²) in [5, 5.41) is 0. The molecule has 0 amide bonds. The third kappa shape index (κ3) is 3.68. The molecule has 19 heavy (non-hydrogen) atoms. The third-order valence-electron chi connectivity index (χ3n) is 2.90. The Balaban J connectivity index is 1.98. The van der Waals surface area contributed by atoms with Gasteiger partial charge in [-0.1, -0.05) is 12.1 Å². The lowest BCUT2D eigenvalue weighted by molar-refractivity contribution is 0.581. The smallest absolute Gasteiger partial charge is 0.240 e. The fraction of sp³-hybridized carbons (Fsp3) is 0.286. The van der Waals surface area contributed by atoms with Gasteiger partial charge < -0.3 is 4.57 Å². The predicted molar refractivity (Wildman–Crippen MR) is 75.5 cm³/mol. The standard InChI is InChI=1S/C14H18N2O2S/c1-12-4-3-5-14(10-12)19(17,18)15-8-6-13-7-9-16(2)11-13/h3-5,7,9-11,15H,6,8H2,1-2H3. The Hall–Kier alpha value is -1.59. The van der Waals surface area contributed by atoms with E-state index in [2.05, 4.69) is 4.72 Å². The average Bonchev–Trinajstić information content (AvgIpc) is 2.75. The van der Waals surface area contributed by atoms with Gasteiger partial charge in [0.2, 0.25) is 10.0 Å². The van der Waals surface area contributed by atoms with Crippen molar-refractivity contribution in [2.24, 2.45) is 7.05 Å². The summed E-state index contributed by atoms with van der Waals surface area (Å²) in [4.78, 5) is 0.320. The number of rotatable bonds is 5. The SMILES string of the molecule is Cc1cccc(S(=O)(=O)NCCc2ccn(C)c2)c1. The normalized spacial score (nSPS) is 11.7. The van der Waals surface area contributed by atoms with E-state index in [0.29, 0.717) is 17.9 Å². The molecule has 0 fully saturated rings. The highest BCUT2D eigenvalue weighted by atomic mass is 32.2. The van der Waals surface area contributed by atoms with E-state index < -0.39 is 10.0 Å². The van der Waals surface area contributed by atoms with E-state index in [-0.39, 0.29) is 0 Å². The van der Waals surface area contributed by atoms with Gasteiger partial charge in [0, 0.05) is 26.0 Å². The van der Waals surface area contributed by atoms with Crippen LogP contribution in [0, 0.1) is 6.92 Å². The van der Waals surface area contributed by atoms with Crippen LogP contribution in [0.5, 0.6) is 0 Å². The Bertz CT molecular complexity index is 660. The fourth-order valence-electron chi connectivity index (χ4n) is 1.90. The minimum atomic E-state index is -3.40. The second kappa shape index (κ2) is 5.59. The molecule has 0 aliphatic carbocycles. The maximum absolute atomic E-state index is 12.1. The summed E-state index contributed by atoms with van der Waals surface area (Å²) in [6, 6.07) is 8.90. The number of hydrogen-bond donors (Lipinski definition) is 1. The van der Waals surface area contributed by atoms with Crippen LogP contribution in [-0.4, -0.2) is 19.5 Å². The molecule has 1 aromatic heterocycles. The molecule has 0 spiro atoms. The van der Waals surface area contributed by atoms with Crippen LogP contribution < -0.4 is 4.72 Å². The van der Waals surface area contributed by atoms with E-state index in [0.717, 1.165) is 11.1 Å². The Kier molecular flexibility index (Phi) is 4.07. The van der Waals surface area contributed by atoms with Crippen molar-refractivity contribution < 1.29 is 8.42 Å². The van der Waals surface area contributed by atoms with Gasteiger partial charge in [0.25, 0.3) is 0 Å². The molecule has 102 valence electrons. The second-order valence-corrected chi connectivity index (χ2v) is 6.42. The van der Waals surface area contributed by atoms with Crippen LogP contribution in [0.25, 0.3) is 0 Å². The lowest BCUT2D eigenvalue weighted by Crippen LogP contribution is -2.25. The number of aromatic nitrogens is 1. The monoisotopic (exact) mass is 278 g/mol. The van der Waals surface area contributed by atoms with Crippen molar-refractivity contribution in [2.45, 2.75) is 18.2 Å². The molecule has 0 radical (unpaired) electrons. The third-order valence-corrected chi connectivity index (χ3v) is 4.36. The molecule has 0 aliphatic heterocycles. The van der Waals surface area contributed by atoms with E-state index in [4.69, 9.17) is 0 Å². The number of aryl methyl sites for hydroxylation is 2. The van der Waals surface area contributed by atoms with Crippen LogP contribution >= 0.6 is 0 Å². The largest absolute Gasteiger partial charge is 0.357 e. The first-order valence-corrected chi connectivity index (χ1v) is 7.63. The van der Waals surface area contributed by atoms with Gasteiger partial charge in [0.05, 0.1) is 4.90 Å². The number of hydrogen-bond acceptors (Lipinski definition) is 2. The highest BCUT2D eigenvalue weighted by Crippen LogP contribution is 2.10. The van der Waals surface area contributed by atoms with Crippen LogP contribution in [0.1, 0.15) is 11.1 Å². The molecular weight excluding hydrogens is 260 g/mol. The van der Waals surface area contributed by atoms with Gasteiger partial charge in [-0.25, -0.2) is 13.1 Å². The van der Waals surface area contributed by atoms with Crippen molar-refractivity contribution in [3.05, 3.63) is 53.9 Å². The van der Waals surface area contributed by atoms with E-state index in [1.165, 1.54) is 0 Å². The lowest BCUT2D eigenvalue weighted by Gasteiger charge is -2.06. The minimum absolute atomic E-state index is 0.320. The topological polar surface area (TPSA) is 51.1 Å². The molecule has 5 heteroatoms. The van der Waals surface area contributed by atoms with Crippen LogP contribution in [0.4, 0.5) is 0 Å². The summed E-state index contributed by atoms with van der Waals surface area (Å²) in [5.74, 6) is 0. The number of nitrogens with one attached hydrogen (secondary N) is 1. The van der Waals surface area contributed by atoms with Crippen LogP contribution in [0.2, 0.25) is 0 Å². The molecule has 0 aliphatic rings. The van der Waals surface area contributed by atoms with Crippen LogP contribution in [0.3, 0.4) is 0 Å². The van der Waals surface area contributed by atoms with Crippen molar-refractivity contribution in [2.75, 3.05) is 6.54 Å². The molecule has 2 aromatic rings. The summed E-state index contributed by atoms with van der Waals surface area (Å²) in [6.45, 7) is 2.28. The Morgan fingerprint density at radius 2 is 2.05 bits per heavy atom. The molecule has 0 bridgehead atoms. The summed E-state index contributed by atoms with van der Waals surface area (Å²) >= 11 is 0. The van der Waals surface area contributed by atoms with Gasteiger partial charge >= 0.3 is 0 Å². The summed E-state index contributed by atoms with van der Waals surface area (Å²) in [5.41, 5.74) is 2.06. The second-order valence-electron chi connectivity index (χ2n) is 4.65. The zero-order valence-corrected chi connectivity index (χ0v) is 11.9. The van der Waals surface area contributed by atoms with Gasteiger partial charge in [0.1, 0.15) is 0 Å². The van der Waals surface area contributed by atoms with E-state index in [1.807, 2.05) is 43.1 Å². The van der Waals surface area contributed by atoms with Crippen molar-refractivity contribution >= 4 is 10.0 Å². The van der Waals surface area contributed by atoms with Crippen molar-refractivity contribution in [1.82, 2.24) is 9.29 Å². The van der Waals surface area contributed by atoms with Crippen LogP contribution in [-0.2, 0) is 23.5 Å².